The number of hydrogen-bond acceptors (Lipinski definition) is 8. The molecule has 2 amide bonds. The summed E-state index contributed by atoms with van der Waals surface area (Å²) in [5.41, 5.74) is 1.89. The van der Waals surface area contributed by atoms with E-state index >= 15 is 0 Å². The van der Waals surface area contributed by atoms with E-state index in [4.69, 9.17) is 9.47 Å². The van der Waals surface area contributed by atoms with Crippen molar-refractivity contribution in [1.29, 1.82) is 0 Å². The third-order valence-electron chi connectivity index (χ3n) is 5.11. The van der Waals surface area contributed by atoms with Crippen LogP contribution in [0.4, 0.5) is 9.80 Å². The second-order valence-electron chi connectivity index (χ2n) is 7.27. The first-order chi connectivity index (χ1) is 15.2. The summed E-state index contributed by atoms with van der Waals surface area (Å²) in [6.07, 6.45) is -0.341. The summed E-state index contributed by atoms with van der Waals surface area (Å²) < 4.78 is 34.6. The van der Waals surface area contributed by atoms with Crippen LogP contribution in [0, 0.1) is 6.92 Å². The van der Waals surface area contributed by atoms with Crippen molar-refractivity contribution in [2.45, 2.75) is 31.2 Å². The van der Waals surface area contributed by atoms with Gasteiger partial charge in [-0.2, -0.15) is 0 Å². The molecule has 1 aromatic carbocycles. The van der Waals surface area contributed by atoms with Crippen LogP contribution in [0.5, 0.6) is 0 Å². The van der Waals surface area contributed by atoms with Crippen LogP contribution < -0.4 is 5.32 Å². The molecule has 172 valence electrons. The summed E-state index contributed by atoms with van der Waals surface area (Å²) in [6, 6.07) is 6.42. The molecule has 11 heteroatoms. The molecular weight excluding hydrogens is 456 g/mol. The first-order valence-corrected chi connectivity index (χ1v) is 12.3. The number of anilines is 1. The van der Waals surface area contributed by atoms with Crippen molar-refractivity contribution in [3.63, 3.8) is 0 Å². The molecule has 0 unspecified atom stereocenters. The fourth-order valence-electron chi connectivity index (χ4n) is 3.37. The maximum atomic E-state index is 12.5. The zero-order valence-electron chi connectivity index (χ0n) is 18.0. The van der Waals surface area contributed by atoms with Crippen molar-refractivity contribution in [2.75, 3.05) is 31.8 Å². The van der Waals surface area contributed by atoms with Gasteiger partial charge in [0, 0.05) is 17.8 Å². The number of esters is 1. The topological polar surface area (TPSA) is 119 Å². The number of carbonyl (C=O) groups excluding carboxylic acids is 3. The minimum atomic E-state index is -3.62. The quantitative estimate of drug-likeness (QED) is 0.632. The first-order valence-electron chi connectivity index (χ1n) is 9.81. The lowest BCUT2D eigenvalue weighted by atomic mass is 10.0. The molecule has 0 radical (unpaired) electrons. The Balaban J connectivity index is 1.75. The molecular formula is C21H24N2O7S2. The van der Waals surface area contributed by atoms with E-state index in [1.54, 1.807) is 12.1 Å². The van der Waals surface area contributed by atoms with Gasteiger partial charge in [0.1, 0.15) is 5.00 Å². The van der Waals surface area contributed by atoms with Gasteiger partial charge in [0.25, 0.3) is 0 Å². The van der Waals surface area contributed by atoms with E-state index in [0.717, 1.165) is 10.4 Å². The predicted molar refractivity (Wildman–Crippen MR) is 119 cm³/mol. The van der Waals surface area contributed by atoms with Gasteiger partial charge in [0.15, 0.2) is 9.84 Å². The summed E-state index contributed by atoms with van der Waals surface area (Å²) in [6.45, 7) is 2.46. The van der Waals surface area contributed by atoms with Gasteiger partial charge < -0.3 is 19.7 Å². The molecule has 3 rings (SSSR count). The van der Waals surface area contributed by atoms with E-state index in [1.807, 2.05) is 6.92 Å². The highest BCUT2D eigenvalue weighted by molar-refractivity contribution is 7.91. The number of fused-ring (bicyclic) bond motifs is 1. The summed E-state index contributed by atoms with van der Waals surface area (Å²) >= 11 is 1.17. The number of benzene rings is 1. The van der Waals surface area contributed by atoms with Gasteiger partial charge in [-0.3, -0.25) is 4.79 Å². The van der Waals surface area contributed by atoms with Crippen LogP contribution in [0.1, 0.15) is 32.8 Å². The summed E-state index contributed by atoms with van der Waals surface area (Å²) in [4.78, 5) is 39.2. The number of sulfone groups is 1. The highest BCUT2D eigenvalue weighted by Gasteiger charge is 2.31. The number of nitrogens with zero attached hydrogens (tertiary/aromatic N) is 1. The lowest BCUT2D eigenvalue weighted by molar-refractivity contribution is -0.115. The van der Waals surface area contributed by atoms with E-state index < -0.39 is 27.8 Å². The molecule has 32 heavy (non-hydrogen) atoms. The number of hydrogen-bond donors (Lipinski definition) is 1. The van der Waals surface area contributed by atoms with Crippen molar-refractivity contribution >= 4 is 44.1 Å². The number of ether oxygens (including phenoxy) is 2. The molecule has 1 aliphatic heterocycles. The Morgan fingerprint density at radius 2 is 1.81 bits per heavy atom. The molecule has 9 nitrogen and oxygen atoms in total. The smallest absolute Gasteiger partial charge is 0.409 e. The Morgan fingerprint density at radius 3 is 2.44 bits per heavy atom. The molecule has 0 atom stereocenters. The Hall–Kier alpha value is -2.92. The minimum Gasteiger partial charge on any atom is -0.465 e. The van der Waals surface area contributed by atoms with Crippen LogP contribution in [-0.2, 0) is 37.1 Å². The molecule has 1 aliphatic rings. The van der Waals surface area contributed by atoms with Crippen LogP contribution in [0.25, 0.3) is 0 Å². The maximum absolute atomic E-state index is 12.5. The lowest BCUT2D eigenvalue weighted by Gasteiger charge is -2.25. The Morgan fingerprint density at radius 1 is 1.12 bits per heavy atom. The van der Waals surface area contributed by atoms with Gasteiger partial charge in [-0.15, -0.1) is 11.3 Å². The predicted octanol–water partition coefficient (Wildman–Crippen LogP) is 2.77. The van der Waals surface area contributed by atoms with Gasteiger partial charge in [-0.25, -0.2) is 18.0 Å². The third-order valence-corrected chi connectivity index (χ3v) is 7.97. The van der Waals surface area contributed by atoms with Gasteiger partial charge >= 0.3 is 12.1 Å². The van der Waals surface area contributed by atoms with Crippen molar-refractivity contribution < 1.29 is 32.3 Å². The van der Waals surface area contributed by atoms with Crippen LogP contribution in [0.3, 0.4) is 0 Å². The van der Waals surface area contributed by atoms with Crippen molar-refractivity contribution in [2.24, 2.45) is 0 Å². The van der Waals surface area contributed by atoms with E-state index in [0.29, 0.717) is 18.5 Å². The van der Waals surface area contributed by atoms with Crippen molar-refractivity contribution in [3.05, 3.63) is 45.8 Å². The zero-order chi connectivity index (χ0) is 23.5. The van der Waals surface area contributed by atoms with E-state index in [-0.39, 0.29) is 34.2 Å². The SMILES string of the molecule is COC(=O)c1c(NC(=O)CCS(=O)(=O)c2ccc(C)cc2)sc2c1CCN(C(=O)OC)C2. The van der Waals surface area contributed by atoms with Gasteiger partial charge in [0.05, 0.1) is 37.0 Å². The number of rotatable bonds is 6. The van der Waals surface area contributed by atoms with Crippen LogP contribution in [0.15, 0.2) is 29.2 Å². The van der Waals surface area contributed by atoms with E-state index in [2.05, 4.69) is 5.32 Å². The van der Waals surface area contributed by atoms with Crippen LogP contribution in [0.2, 0.25) is 0 Å². The molecule has 2 heterocycles. The van der Waals surface area contributed by atoms with Crippen molar-refractivity contribution in [1.82, 2.24) is 4.90 Å². The molecule has 0 spiro atoms. The molecule has 0 bridgehead atoms. The first kappa shape index (κ1) is 23.7. The highest BCUT2D eigenvalue weighted by atomic mass is 32.2. The number of aryl methyl sites for hydroxylation is 1. The summed E-state index contributed by atoms with van der Waals surface area (Å²) in [5.74, 6) is -1.50. The standard InChI is InChI=1S/C21H24N2O7S2/c1-13-4-6-14(7-5-13)32(27,28)11-9-17(24)22-19-18(20(25)29-2)15-8-10-23(21(26)30-3)12-16(15)31-19/h4-7H,8-12H2,1-3H3,(H,22,24). The average Bonchev–Trinajstić information content (AvgIpc) is 3.13. The summed E-state index contributed by atoms with van der Waals surface area (Å²) in [7, 11) is -1.08. The molecule has 0 aliphatic carbocycles. The molecule has 1 aromatic heterocycles. The van der Waals surface area contributed by atoms with Crippen LogP contribution >= 0.6 is 11.3 Å². The molecule has 0 saturated heterocycles. The van der Waals surface area contributed by atoms with Gasteiger partial charge in [0.2, 0.25) is 5.91 Å². The number of methoxy groups -OCH3 is 2. The Bertz CT molecular complexity index is 1140. The van der Waals surface area contributed by atoms with E-state index in [1.165, 1.54) is 42.6 Å². The van der Waals surface area contributed by atoms with Gasteiger partial charge in [-0.05, 0) is 31.0 Å². The zero-order valence-corrected chi connectivity index (χ0v) is 19.6. The second-order valence-corrected chi connectivity index (χ2v) is 10.5. The Kier molecular flexibility index (Phi) is 7.19. The lowest BCUT2D eigenvalue weighted by Crippen LogP contribution is -2.35. The van der Waals surface area contributed by atoms with Crippen molar-refractivity contribution in [3.8, 4) is 0 Å². The fraction of sp³-hybridized carbons (Fsp3) is 0.381. The highest BCUT2D eigenvalue weighted by Crippen LogP contribution is 2.37. The second kappa shape index (κ2) is 9.70. The van der Waals surface area contributed by atoms with E-state index in [9.17, 15) is 22.8 Å². The number of amides is 2. The van der Waals surface area contributed by atoms with Gasteiger partial charge in [-0.1, -0.05) is 17.7 Å². The average molecular weight is 481 g/mol. The number of nitrogens with one attached hydrogen (secondary N) is 1. The maximum Gasteiger partial charge on any atom is 0.409 e. The number of thiophene rings is 1. The summed E-state index contributed by atoms with van der Waals surface area (Å²) in [5, 5.41) is 2.94. The molecule has 0 saturated carbocycles. The Labute approximate surface area is 190 Å². The largest absolute Gasteiger partial charge is 0.465 e. The minimum absolute atomic E-state index is 0.153. The van der Waals surface area contributed by atoms with Crippen LogP contribution in [-0.4, -0.2) is 57.8 Å². The number of carbonyl (C=O) groups is 3. The fourth-order valence-corrected chi connectivity index (χ4v) is 5.88. The molecule has 2 aromatic rings. The normalized spacial score (nSPS) is 13.3. The molecule has 1 N–H and O–H groups in total. The monoisotopic (exact) mass is 480 g/mol. The molecule has 0 fully saturated rings. The third kappa shape index (κ3) is 5.10.